The molecule has 2 aromatic heterocycles. The van der Waals surface area contributed by atoms with E-state index in [9.17, 15) is 29.8 Å². The Hall–Kier alpha value is -7.34. The first-order chi connectivity index (χ1) is 25.2. The first kappa shape index (κ1) is 31.9. The van der Waals surface area contributed by atoms with Crippen LogP contribution < -0.4 is 20.3 Å². The lowest BCUT2D eigenvalue weighted by molar-refractivity contribution is -0.383. The largest absolute Gasteiger partial charge is 0.457 e. The number of nitrogens with zero attached hydrogens (tertiary/aromatic N) is 2. The summed E-state index contributed by atoms with van der Waals surface area (Å²) in [4.78, 5) is 55.4. The van der Waals surface area contributed by atoms with Crippen LogP contribution in [0.1, 0.15) is 11.1 Å². The van der Waals surface area contributed by atoms with E-state index in [0.29, 0.717) is 46.1 Å². The van der Waals surface area contributed by atoms with Crippen LogP contribution in [0.4, 0.5) is 11.4 Å². The zero-order chi connectivity index (χ0) is 35.9. The van der Waals surface area contributed by atoms with Gasteiger partial charge in [0.25, 0.3) is 11.4 Å². The Kier molecular flexibility index (Phi) is 7.88. The molecule has 6 aromatic carbocycles. The van der Waals surface area contributed by atoms with Crippen molar-refractivity contribution < 1.29 is 19.3 Å². The summed E-state index contributed by atoms with van der Waals surface area (Å²) in [5.41, 5.74) is 2.10. The number of pyridine rings is 2. The number of benzene rings is 6. The van der Waals surface area contributed by atoms with Crippen LogP contribution in [0.15, 0.2) is 131 Å². The summed E-state index contributed by atoms with van der Waals surface area (Å²) in [6.07, 6.45) is 1.42. The molecule has 8 rings (SSSR count). The summed E-state index contributed by atoms with van der Waals surface area (Å²) in [6, 6.07) is 34.0. The van der Waals surface area contributed by atoms with Gasteiger partial charge in [-0.1, -0.05) is 48.5 Å². The third-order valence-corrected chi connectivity index (χ3v) is 9.01. The van der Waals surface area contributed by atoms with E-state index in [-0.39, 0.29) is 55.5 Å². The van der Waals surface area contributed by atoms with Gasteiger partial charge in [-0.2, -0.15) is 0 Å². The number of aromatic amines is 2. The van der Waals surface area contributed by atoms with Crippen molar-refractivity contribution >= 4 is 55.0 Å². The van der Waals surface area contributed by atoms with Crippen LogP contribution in [0.25, 0.3) is 43.6 Å². The molecule has 52 heavy (non-hydrogen) atoms. The highest BCUT2D eigenvalue weighted by Gasteiger charge is 2.22. The molecule has 254 valence electrons. The van der Waals surface area contributed by atoms with Gasteiger partial charge in [0.1, 0.15) is 34.0 Å². The molecule has 12 heteroatoms. The van der Waals surface area contributed by atoms with Gasteiger partial charge in [-0.05, 0) is 84.6 Å². The summed E-state index contributed by atoms with van der Waals surface area (Å²) < 4.78 is 12.2. The number of H-pyrrole nitrogens is 2. The molecule has 0 radical (unpaired) electrons. The fourth-order valence-corrected chi connectivity index (χ4v) is 6.43. The van der Waals surface area contributed by atoms with Crippen molar-refractivity contribution in [3.8, 4) is 23.0 Å². The van der Waals surface area contributed by atoms with Crippen LogP contribution in [0.2, 0.25) is 0 Å². The first-order valence-electron chi connectivity index (χ1n) is 16.2. The van der Waals surface area contributed by atoms with E-state index in [1.54, 1.807) is 72.8 Å². The molecule has 0 atom stereocenters. The van der Waals surface area contributed by atoms with Gasteiger partial charge in [0.05, 0.1) is 20.6 Å². The van der Waals surface area contributed by atoms with E-state index in [1.807, 2.05) is 24.3 Å². The zero-order valence-corrected chi connectivity index (χ0v) is 27.1. The average molecular weight is 691 g/mol. The number of para-hydroxylation sites is 2. The molecule has 0 saturated heterocycles. The number of rotatable bonds is 9. The Labute approximate surface area is 292 Å². The predicted octanol–water partition coefficient (Wildman–Crippen LogP) is 8.86. The molecule has 12 nitrogen and oxygen atoms in total. The lowest BCUT2D eigenvalue weighted by Gasteiger charge is -2.11. The van der Waals surface area contributed by atoms with E-state index in [1.165, 1.54) is 24.3 Å². The smallest absolute Gasteiger partial charge is 0.293 e. The molecule has 0 amide bonds. The quantitative estimate of drug-likeness (QED) is 0.0859. The van der Waals surface area contributed by atoms with Crippen LogP contribution in [0.5, 0.6) is 23.0 Å². The van der Waals surface area contributed by atoms with Crippen molar-refractivity contribution in [2.45, 2.75) is 12.8 Å². The summed E-state index contributed by atoms with van der Waals surface area (Å²) in [5, 5.41) is 24.5. The van der Waals surface area contributed by atoms with Gasteiger partial charge < -0.3 is 19.4 Å². The van der Waals surface area contributed by atoms with Gasteiger partial charge >= 0.3 is 0 Å². The number of fused-ring (bicyclic) bond motifs is 4. The number of hydrogen-bond acceptors (Lipinski definition) is 8. The Morgan fingerprint density at radius 2 is 0.885 bits per heavy atom. The minimum Gasteiger partial charge on any atom is -0.457 e. The lowest BCUT2D eigenvalue weighted by Crippen LogP contribution is -2.07. The molecule has 0 aliphatic carbocycles. The summed E-state index contributed by atoms with van der Waals surface area (Å²) in [7, 11) is 0. The molecule has 0 bridgehead atoms. The van der Waals surface area contributed by atoms with Crippen molar-refractivity contribution in [3.05, 3.63) is 173 Å². The number of ether oxygens (including phenoxy) is 2. The number of aromatic nitrogens is 2. The Morgan fingerprint density at radius 1 is 0.500 bits per heavy atom. The van der Waals surface area contributed by atoms with Gasteiger partial charge in [-0.25, -0.2) is 0 Å². The van der Waals surface area contributed by atoms with Gasteiger partial charge in [-0.3, -0.25) is 29.8 Å². The maximum absolute atomic E-state index is 13.4. The zero-order valence-electron chi connectivity index (χ0n) is 27.1. The van der Waals surface area contributed by atoms with Gasteiger partial charge in [0.15, 0.2) is 0 Å². The molecular weight excluding hydrogens is 664 g/mol. The molecule has 0 saturated carbocycles. The van der Waals surface area contributed by atoms with Crippen LogP contribution in [-0.4, -0.2) is 19.8 Å². The topological polar surface area (TPSA) is 170 Å². The molecule has 0 fully saturated rings. The average Bonchev–Trinajstić information content (AvgIpc) is 3.15. The molecule has 2 N–H and O–H groups in total. The van der Waals surface area contributed by atoms with E-state index in [0.717, 1.165) is 11.1 Å². The Morgan fingerprint density at radius 3 is 1.27 bits per heavy atom. The van der Waals surface area contributed by atoms with Crippen LogP contribution in [0.3, 0.4) is 0 Å². The third kappa shape index (κ3) is 5.73. The van der Waals surface area contributed by atoms with Gasteiger partial charge in [-0.15, -0.1) is 0 Å². The van der Waals surface area contributed by atoms with Gasteiger partial charge in [0, 0.05) is 33.9 Å². The minimum absolute atomic E-state index is 0.0996. The van der Waals surface area contributed by atoms with Gasteiger partial charge in [0.2, 0.25) is 10.9 Å². The molecule has 0 spiro atoms. The second kappa shape index (κ2) is 12.8. The first-order valence-corrected chi connectivity index (χ1v) is 16.2. The van der Waals surface area contributed by atoms with Crippen LogP contribution >= 0.6 is 0 Å². The number of non-ortho nitro benzene ring substituents is 2. The van der Waals surface area contributed by atoms with E-state index >= 15 is 0 Å². The maximum Gasteiger partial charge on any atom is 0.293 e. The van der Waals surface area contributed by atoms with E-state index in [4.69, 9.17) is 9.47 Å². The highest BCUT2D eigenvalue weighted by atomic mass is 16.6. The number of nitrogens with one attached hydrogen (secondary N) is 2. The number of aryl methyl sites for hydroxylation is 2. The summed E-state index contributed by atoms with van der Waals surface area (Å²) >= 11 is 0. The highest BCUT2D eigenvalue weighted by Crippen LogP contribution is 2.35. The SMILES string of the molecule is O=c1c2ccccc2[nH]c2c([N+](=O)[O-])ccc(Oc3ccc(CCc4ccc(Oc5ccc([N+](=O)[O-])c6[nH]c7ccccc7c(=O)c56)cc4)cc3)c12. The predicted molar refractivity (Wildman–Crippen MR) is 198 cm³/mol. The number of nitro groups is 2. The molecule has 0 aliphatic rings. The highest BCUT2D eigenvalue weighted by molar-refractivity contribution is 6.01. The molecule has 0 aliphatic heterocycles. The maximum atomic E-state index is 13.4. The van der Waals surface area contributed by atoms with E-state index < -0.39 is 9.85 Å². The molecule has 8 aromatic rings. The van der Waals surface area contributed by atoms with Crippen molar-refractivity contribution in [2.24, 2.45) is 0 Å². The lowest BCUT2D eigenvalue weighted by atomic mass is 10.0. The minimum atomic E-state index is -0.531. The number of nitro benzene ring substituents is 2. The van der Waals surface area contributed by atoms with Crippen LogP contribution in [0, 0.1) is 20.2 Å². The van der Waals surface area contributed by atoms with Crippen molar-refractivity contribution in [1.82, 2.24) is 9.97 Å². The Bertz CT molecular complexity index is 2650. The summed E-state index contributed by atoms with van der Waals surface area (Å²) in [5.74, 6) is 1.36. The van der Waals surface area contributed by atoms with Crippen molar-refractivity contribution in [2.75, 3.05) is 0 Å². The second-order valence-electron chi connectivity index (χ2n) is 12.2. The standard InChI is InChI=1S/C40H26N4O8/c45-39-27-5-1-3-7-29(27)41-37-31(43(47)48)19-21-33(35(37)39)51-25-15-11-23(12-16-25)9-10-24-13-17-26(18-14-24)52-34-22-20-32(44(49)50)38-36(34)40(46)28-6-2-4-8-30(28)42-38/h1-8,11-22H,9-10H2,(H,41,45)(H,42,46). The fraction of sp³-hybridized carbons (Fsp3) is 0.0500. The number of hydrogen-bond donors (Lipinski definition) is 2. The fourth-order valence-electron chi connectivity index (χ4n) is 6.43. The third-order valence-electron chi connectivity index (χ3n) is 9.01. The molecule has 2 heterocycles. The van der Waals surface area contributed by atoms with E-state index in [2.05, 4.69) is 9.97 Å². The molecular formula is C40H26N4O8. The summed E-state index contributed by atoms with van der Waals surface area (Å²) in [6.45, 7) is 0. The Balaban J connectivity index is 0.984. The van der Waals surface area contributed by atoms with Crippen molar-refractivity contribution in [1.29, 1.82) is 0 Å². The van der Waals surface area contributed by atoms with Crippen LogP contribution in [-0.2, 0) is 12.8 Å². The van der Waals surface area contributed by atoms with Crippen molar-refractivity contribution in [3.63, 3.8) is 0 Å². The monoisotopic (exact) mass is 690 g/mol. The molecule has 0 unspecified atom stereocenters. The second-order valence-corrected chi connectivity index (χ2v) is 12.2. The normalized spacial score (nSPS) is 11.3.